The van der Waals surface area contributed by atoms with E-state index in [1.165, 1.54) is 45.4 Å². The van der Waals surface area contributed by atoms with Crippen molar-refractivity contribution in [2.75, 3.05) is 13.1 Å². The summed E-state index contributed by atoms with van der Waals surface area (Å²) in [5, 5.41) is 3.27. The predicted molar refractivity (Wildman–Crippen MR) is 82.1 cm³/mol. The highest BCUT2D eigenvalue weighted by molar-refractivity contribution is 5.81. The molecule has 0 aliphatic heterocycles. The van der Waals surface area contributed by atoms with Gasteiger partial charge in [0, 0.05) is 12.6 Å². The van der Waals surface area contributed by atoms with E-state index < -0.39 is 0 Å². The van der Waals surface area contributed by atoms with E-state index in [4.69, 9.17) is 11.5 Å². The molecule has 0 aliphatic carbocycles. The Hall–Kier alpha value is -0.450. The lowest BCUT2D eigenvalue weighted by Crippen LogP contribution is -2.37. The van der Waals surface area contributed by atoms with Crippen LogP contribution in [0.4, 0.5) is 0 Å². The van der Waals surface area contributed by atoms with Crippen molar-refractivity contribution in [3.05, 3.63) is 0 Å². The van der Waals surface area contributed by atoms with E-state index in [1.54, 1.807) is 0 Å². The van der Waals surface area contributed by atoms with Gasteiger partial charge in [0.1, 0.15) is 5.78 Å². The summed E-state index contributed by atoms with van der Waals surface area (Å²) >= 11 is 0. The van der Waals surface area contributed by atoms with E-state index in [0.717, 1.165) is 19.5 Å². The third-order valence-corrected chi connectivity index (χ3v) is 3.49. The Morgan fingerprint density at radius 3 is 2.32 bits per heavy atom. The van der Waals surface area contributed by atoms with Gasteiger partial charge in [-0.15, -0.1) is 0 Å². The van der Waals surface area contributed by atoms with E-state index >= 15 is 0 Å². The molecule has 0 bridgehead atoms. The highest BCUT2D eigenvalue weighted by Gasteiger charge is 2.07. The lowest BCUT2D eigenvalue weighted by Gasteiger charge is -2.13. The minimum absolute atomic E-state index is 0.0539. The maximum Gasteiger partial charge on any atom is 0.146 e. The SMILES string of the molecule is CCCCCCCC[C@H](N)CNCC[C@H](N)C(C)=O. The lowest BCUT2D eigenvalue weighted by atomic mass is 10.1. The molecule has 0 saturated carbocycles. The number of carbonyl (C=O) groups is 1. The number of ketones is 1. The van der Waals surface area contributed by atoms with E-state index in [9.17, 15) is 4.79 Å². The number of Topliss-reactive ketones (excluding diaryl/α,β-unsaturated/α-hetero) is 1. The number of nitrogens with one attached hydrogen (secondary N) is 1. The lowest BCUT2D eigenvalue weighted by molar-refractivity contribution is -0.118. The van der Waals surface area contributed by atoms with Crippen LogP contribution in [-0.4, -0.2) is 31.0 Å². The summed E-state index contributed by atoms with van der Waals surface area (Å²) < 4.78 is 0. The molecular weight excluding hydrogens is 238 g/mol. The van der Waals surface area contributed by atoms with E-state index in [1.807, 2.05) is 0 Å². The maximum absolute atomic E-state index is 10.9. The Morgan fingerprint density at radius 2 is 1.68 bits per heavy atom. The summed E-state index contributed by atoms with van der Waals surface area (Å²) in [6.07, 6.45) is 9.63. The first-order chi connectivity index (χ1) is 9.07. The first-order valence-electron chi connectivity index (χ1n) is 7.80. The van der Waals surface area contributed by atoms with Crippen LogP contribution in [0.2, 0.25) is 0 Å². The molecule has 0 saturated heterocycles. The van der Waals surface area contributed by atoms with Gasteiger partial charge in [0.05, 0.1) is 6.04 Å². The van der Waals surface area contributed by atoms with Crippen LogP contribution in [0.3, 0.4) is 0 Å². The molecule has 19 heavy (non-hydrogen) atoms. The summed E-state index contributed by atoms with van der Waals surface area (Å²) in [6.45, 7) is 5.36. The van der Waals surface area contributed by atoms with Gasteiger partial charge in [-0.25, -0.2) is 0 Å². The van der Waals surface area contributed by atoms with Gasteiger partial charge in [-0.3, -0.25) is 4.79 Å². The predicted octanol–water partition coefficient (Wildman–Crippen LogP) is 1.96. The Balaban J connectivity index is 3.30. The molecule has 0 fully saturated rings. The molecule has 0 aromatic carbocycles. The van der Waals surface area contributed by atoms with Gasteiger partial charge in [0.25, 0.3) is 0 Å². The van der Waals surface area contributed by atoms with Gasteiger partial charge in [0.2, 0.25) is 0 Å². The van der Waals surface area contributed by atoms with Crippen LogP contribution < -0.4 is 16.8 Å². The van der Waals surface area contributed by atoms with Gasteiger partial charge < -0.3 is 16.8 Å². The first-order valence-corrected chi connectivity index (χ1v) is 7.80. The first kappa shape index (κ1) is 18.6. The molecule has 0 heterocycles. The Kier molecular flexibility index (Phi) is 12.3. The average Bonchev–Trinajstić information content (AvgIpc) is 2.38. The van der Waals surface area contributed by atoms with E-state index in [2.05, 4.69) is 12.2 Å². The van der Waals surface area contributed by atoms with Crippen LogP contribution in [0.5, 0.6) is 0 Å². The second-order valence-electron chi connectivity index (χ2n) is 5.53. The van der Waals surface area contributed by atoms with Gasteiger partial charge in [-0.2, -0.15) is 0 Å². The van der Waals surface area contributed by atoms with Crippen LogP contribution in [0.25, 0.3) is 0 Å². The minimum Gasteiger partial charge on any atom is -0.327 e. The van der Waals surface area contributed by atoms with Crippen molar-refractivity contribution in [1.29, 1.82) is 0 Å². The fourth-order valence-electron chi connectivity index (χ4n) is 2.04. The number of unbranched alkanes of at least 4 members (excludes halogenated alkanes) is 5. The molecule has 0 aliphatic rings. The van der Waals surface area contributed by atoms with Crippen molar-refractivity contribution in [2.45, 2.75) is 77.3 Å². The molecule has 0 rings (SSSR count). The Bertz CT molecular complexity index is 221. The van der Waals surface area contributed by atoms with Gasteiger partial charge in [-0.05, 0) is 26.3 Å². The summed E-state index contributed by atoms with van der Waals surface area (Å²) in [7, 11) is 0. The zero-order valence-electron chi connectivity index (χ0n) is 12.8. The van der Waals surface area contributed by atoms with Crippen molar-refractivity contribution in [3.8, 4) is 0 Å². The van der Waals surface area contributed by atoms with Crippen LogP contribution >= 0.6 is 0 Å². The molecule has 0 spiro atoms. The minimum atomic E-state index is -0.331. The van der Waals surface area contributed by atoms with Gasteiger partial charge >= 0.3 is 0 Å². The van der Waals surface area contributed by atoms with Gasteiger partial charge in [-0.1, -0.05) is 45.4 Å². The molecule has 5 N–H and O–H groups in total. The normalized spacial score (nSPS) is 14.3. The third kappa shape index (κ3) is 12.3. The van der Waals surface area contributed by atoms with Crippen molar-refractivity contribution in [1.82, 2.24) is 5.32 Å². The number of hydrogen-bond donors (Lipinski definition) is 3. The average molecular weight is 271 g/mol. The van der Waals surface area contributed by atoms with Crippen molar-refractivity contribution < 1.29 is 4.79 Å². The Morgan fingerprint density at radius 1 is 1.05 bits per heavy atom. The summed E-state index contributed by atoms with van der Waals surface area (Å²) in [4.78, 5) is 10.9. The molecule has 0 aromatic rings. The maximum atomic E-state index is 10.9. The fraction of sp³-hybridized carbons (Fsp3) is 0.933. The standard InChI is InChI=1S/C15H33N3O/c1-3-4-5-6-7-8-9-14(16)12-18-11-10-15(17)13(2)19/h14-15,18H,3-12,16-17H2,1-2H3/t14-,15-/m0/s1. The van der Waals surface area contributed by atoms with Crippen molar-refractivity contribution in [3.63, 3.8) is 0 Å². The monoisotopic (exact) mass is 271 g/mol. The van der Waals surface area contributed by atoms with Gasteiger partial charge in [0.15, 0.2) is 0 Å². The zero-order chi connectivity index (χ0) is 14.5. The largest absolute Gasteiger partial charge is 0.327 e. The number of hydrogen-bond acceptors (Lipinski definition) is 4. The molecule has 114 valence electrons. The molecule has 4 heteroatoms. The molecule has 0 radical (unpaired) electrons. The second kappa shape index (κ2) is 12.6. The summed E-state index contributed by atoms with van der Waals surface area (Å²) in [5.74, 6) is 0.0539. The topological polar surface area (TPSA) is 81.1 Å². The van der Waals surface area contributed by atoms with Crippen LogP contribution in [0, 0.1) is 0 Å². The molecule has 4 nitrogen and oxygen atoms in total. The van der Waals surface area contributed by atoms with Crippen molar-refractivity contribution >= 4 is 5.78 Å². The van der Waals surface area contributed by atoms with E-state index in [-0.39, 0.29) is 17.9 Å². The summed E-state index contributed by atoms with van der Waals surface area (Å²) in [6, 6.07) is -0.109. The summed E-state index contributed by atoms with van der Waals surface area (Å²) in [5.41, 5.74) is 11.7. The number of nitrogens with two attached hydrogens (primary N) is 2. The molecule has 0 unspecified atom stereocenters. The van der Waals surface area contributed by atoms with Crippen LogP contribution in [0.15, 0.2) is 0 Å². The van der Waals surface area contributed by atoms with Crippen LogP contribution in [-0.2, 0) is 4.79 Å². The van der Waals surface area contributed by atoms with Crippen molar-refractivity contribution in [2.24, 2.45) is 11.5 Å². The third-order valence-electron chi connectivity index (χ3n) is 3.49. The quantitative estimate of drug-likeness (QED) is 0.447. The zero-order valence-corrected chi connectivity index (χ0v) is 12.8. The van der Waals surface area contributed by atoms with Crippen LogP contribution in [0.1, 0.15) is 65.2 Å². The highest BCUT2D eigenvalue weighted by atomic mass is 16.1. The second-order valence-corrected chi connectivity index (χ2v) is 5.53. The number of rotatable bonds is 13. The molecule has 0 amide bonds. The van der Waals surface area contributed by atoms with E-state index in [0.29, 0.717) is 6.42 Å². The Labute approximate surface area is 118 Å². The fourth-order valence-corrected chi connectivity index (χ4v) is 2.04. The highest BCUT2D eigenvalue weighted by Crippen LogP contribution is 2.07. The molecular formula is C15H33N3O. The molecule has 0 aromatic heterocycles. The number of carbonyl (C=O) groups excluding carboxylic acids is 1. The molecule has 2 atom stereocenters. The smallest absolute Gasteiger partial charge is 0.146 e.